The summed E-state index contributed by atoms with van der Waals surface area (Å²) < 4.78 is 16.8. The van der Waals surface area contributed by atoms with Crippen molar-refractivity contribution in [1.82, 2.24) is 0 Å². The zero-order valence-electron chi connectivity index (χ0n) is 18.5. The van der Waals surface area contributed by atoms with Crippen molar-refractivity contribution in [2.24, 2.45) is 0 Å². The minimum atomic E-state index is -0.933. The van der Waals surface area contributed by atoms with Gasteiger partial charge in [0.05, 0.1) is 25.1 Å². The number of rotatable bonds is 8. The van der Waals surface area contributed by atoms with E-state index in [2.05, 4.69) is 0 Å². The molecule has 1 fully saturated rings. The summed E-state index contributed by atoms with van der Waals surface area (Å²) in [6.07, 6.45) is 2.30. The number of ketones is 1. The van der Waals surface area contributed by atoms with E-state index in [9.17, 15) is 14.7 Å². The smallest absolute Gasteiger partial charge is 0.300 e. The van der Waals surface area contributed by atoms with Gasteiger partial charge in [0, 0.05) is 17.3 Å². The molecule has 1 amide bonds. The van der Waals surface area contributed by atoms with E-state index in [4.69, 9.17) is 13.9 Å². The minimum absolute atomic E-state index is 0.0523. The van der Waals surface area contributed by atoms with Crippen molar-refractivity contribution < 1.29 is 28.6 Å². The maximum Gasteiger partial charge on any atom is 0.300 e. The summed E-state index contributed by atoms with van der Waals surface area (Å²) in [6.45, 7) is 4.84. The van der Waals surface area contributed by atoms with Gasteiger partial charge in [-0.2, -0.15) is 0 Å². The molecule has 2 aromatic carbocycles. The molecule has 0 radical (unpaired) electrons. The topological polar surface area (TPSA) is 89.2 Å². The lowest BCUT2D eigenvalue weighted by Gasteiger charge is -2.24. The number of carbonyl (C=O) groups is 2. The zero-order valence-corrected chi connectivity index (χ0v) is 18.5. The molecule has 1 atom stereocenters. The highest BCUT2D eigenvalue weighted by molar-refractivity contribution is 6.51. The predicted molar refractivity (Wildman–Crippen MR) is 123 cm³/mol. The van der Waals surface area contributed by atoms with Gasteiger partial charge in [-0.05, 0) is 49.7 Å². The van der Waals surface area contributed by atoms with Crippen LogP contribution in [0.5, 0.6) is 11.5 Å². The molecule has 1 aliphatic heterocycles. The Morgan fingerprint density at radius 3 is 2.45 bits per heavy atom. The van der Waals surface area contributed by atoms with Crippen molar-refractivity contribution in [1.29, 1.82) is 0 Å². The second-order valence-electron chi connectivity index (χ2n) is 7.49. The fourth-order valence-corrected chi connectivity index (χ4v) is 3.81. The fourth-order valence-electron chi connectivity index (χ4n) is 3.81. The van der Waals surface area contributed by atoms with Gasteiger partial charge in [0.1, 0.15) is 29.1 Å². The van der Waals surface area contributed by atoms with Gasteiger partial charge in [0.15, 0.2) is 0 Å². The van der Waals surface area contributed by atoms with E-state index >= 15 is 0 Å². The summed E-state index contributed by atoms with van der Waals surface area (Å²) in [7, 11) is 0. The molecule has 0 spiro atoms. The van der Waals surface area contributed by atoms with Gasteiger partial charge < -0.3 is 19.0 Å². The van der Waals surface area contributed by atoms with Gasteiger partial charge in [-0.25, -0.2) is 0 Å². The van der Waals surface area contributed by atoms with Crippen LogP contribution in [0, 0.1) is 0 Å². The Kier molecular flexibility index (Phi) is 6.49. The lowest BCUT2D eigenvalue weighted by molar-refractivity contribution is -0.132. The molecule has 0 bridgehead atoms. The lowest BCUT2D eigenvalue weighted by atomic mass is 9.99. The summed E-state index contributed by atoms with van der Waals surface area (Å²) in [5, 5.41) is 11.2. The van der Waals surface area contributed by atoms with E-state index in [0.29, 0.717) is 41.7 Å². The number of ether oxygens (including phenoxy) is 2. The molecule has 2 heterocycles. The molecule has 1 saturated heterocycles. The molecule has 1 aromatic heterocycles. The second-order valence-corrected chi connectivity index (χ2v) is 7.49. The molecule has 3 aromatic rings. The van der Waals surface area contributed by atoms with Crippen LogP contribution in [-0.4, -0.2) is 30.0 Å². The molecule has 7 heteroatoms. The van der Waals surface area contributed by atoms with Gasteiger partial charge in [-0.3, -0.25) is 14.5 Å². The van der Waals surface area contributed by atoms with Gasteiger partial charge in [-0.15, -0.1) is 0 Å². The van der Waals surface area contributed by atoms with Crippen molar-refractivity contribution in [2.75, 3.05) is 18.1 Å². The van der Waals surface area contributed by atoms with Gasteiger partial charge >= 0.3 is 0 Å². The van der Waals surface area contributed by atoms with Crippen molar-refractivity contribution in [2.45, 2.75) is 26.3 Å². The van der Waals surface area contributed by atoms with Crippen molar-refractivity contribution in [3.63, 3.8) is 0 Å². The first-order chi connectivity index (χ1) is 16.0. The van der Waals surface area contributed by atoms with E-state index < -0.39 is 17.7 Å². The second kappa shape index (κ2) is 9.65. The van der Waals surface area contributed by atoms with Crippen LogP contribution in [0.2, 0.25) is 0 Å². The number of aliphatic hydroxyl groups excluding tert-OH is 1. The number of anilines is 1. The molecule has 1 unspecified atom stereocenters. The number of hydrogen-bond donors (Lipinski definition) is 1. The zero-order chi connectivity index (χ0) is 23.4. The third-order valence-corrected chi connectivity index (χ3v) is 5.24. The van der Waals surface area contributed by atoms with Crippen LogP contribution in [0.3, 0.4) is 0 Å². The summed E-state index contributed by atoms with van der Waals surface area (Å²) in [5.74, 6) is -0.360. The average molecular weight is 447 g/mol. The Labute approximate surface area is 191 Å². The molecule has 170 valence electrons. The van der Waals surface area contributed by atoms with Gasteiger partial charge in [0.25, 0.3) is 11.7 Å². The summed E-state index contributed by atoms with van der Waals surface area (Å²) in [4.78, 5) is 27.7. The summed E-state index contributed by atoms with van der Waals surface area (Å²) in [5.41, 5.74) is 0.785. The predicted octanol–water partition coefficient (Wildman–Crippen LogP) is 5.09. The number of Topliss-reactive ketones (excluding diaryl/α,β-unsaturated/α-hetero) is 1. The highest BCUT2D eigenvalue weighted by atomic mass is 16.5. The lowest BCUT2D eigenvalue weighted by Crippen LogP contribution is -2.29. The molecule has 1 aliphatic rings. The highest BCUT2D eigenvalue weighted by Gasteiger charge is 2.48. The van der Waals surface area contributed by atoms with Crippen LogP contribution in [0.1, 0.15) is 37.6 Å². The number of hydrogen-bond acceptors (Lipinski definition) is 6. The van der Waals surface area contributed by atoms with E-state index in [1.54, 1.807) is 60.7 Å². The molecular formula is C26H25NO6. The van der Waals surface area contributed by atoms with Crippen LogP contribution in [0.25, 0.3) is 5.76 Å². The Bertz CT molecular complexity index is 1180. The summed E-state index contributed by atoms with van der Waals surface area (Å²) in [6, 6.07) is 16.1. The van der Waals surface area contributed by atoms with Crippen molar-refractivity contribution in [3.8, 4) is 11.5 Å². The number of nitrogens with zero attached hydrogens (tertiary/aromatic N) is 1. The number of amides is 1. The average Bonchev–Trinajstić information content (AvgIpc) is 3.45. The SMILES string of the molecule is CCCOc1cccc(N2C(=O)C(=O)/C(=C(\O)c3cccc(OCC)c3)C2c2ccco2)c1. The van der Waals surface area contributed by atoms with E-state index in [-0.39, 0.29) is 11.3 Å². The number of benzene rings is 2. The Morgan fingerprint density at radius 1 is 1.00 bits per heavy atom. The van der Waals surface area contributed by atoms with Crippen molar-refractivity contribution >= 4 is 23.1 Å². The standard InChI is InChI=1S/C26H25NO6/c1-3-13-32-20-11-6-9-18(16-20)27-23(21-12-7-14-33-21)22(25(29)26(27)30)24(28)17-8-5-10-19(15-17)31-4-2/h5-12,14-16,23,28H,3-4,13H2,1-2H3/b24-22-. The van der Waals surface area contributed by atoms with E-state index in [1.807, 2.05) is 13.8 Å². The molecule has 0 saturated carbocycles. The normalized spacial score (nSPS) is 17.4. The Morgan fingerprint density at radius 2 is 1.76 bits per heavy atom. The molecule has 4 rings (SSSR count). The molecular weight excluding hydrogens is 422 g/mol. The van der Waals surface area contributed by atoms with Crippen LogP contribution in [0.15, 0.2) is 76.9 Å². The first kappa shape index (κ1) is 22.2. The number of aliphatic hydroxyl groups is 1. The summed E-state index contributed by atoms with van der Waals surface area (Å²) >= 11 is 0. The van der Waals surface area contributed by atoms with Crippen LogP contribution in [0.4, 0.5) is 5.69 Å². The first-order valence-electron chi connectivity index (χ1n) is 10.9. The number of furan rings is 1. The highest BCUT2D eigenvalue weighted by Crippen LogP contribution is 2.43. The Balaban J connectivity index is 1.84. The maximum atomic E-state index is 13.2. The molecule has 33 heavy (non-hydrogen) atoms. The van der Waals surface area contributed by atoms with Crippen LogP contribution < -0.4 is 14.4 Å². The maximum absolute atomic E-state index is 13.2. The largest absolute Gasteiger partial charge is 0.507 e. The van der Waals surface area contributed by atoms with Crippen molar-refractivity contribution in [3.05, 3.63) is 83.8 Å². The first-order valence-corrected chi connectivity index (χ1v) is 10.9. The molecule has 7 nitrogen and oxygen atoms in total. The monoisotopic (exact) mass is 447 g/mol. The molecule has 1 N–H and O–H groups in total. The third kappa shape index (κ3) is 4.35. The number of carbonyl (C=O) groups excluding carboxylic acids is 2. The van der Waals surface area contributed by atoms with E-state index in [1.165, 1.54) is 11.2 Å². The fraction of sp³-hybridized carbons (Fsp3) is 0.231. The minimum Gasteiger partial charge on any atom is -0.507 e. The quantitative estimate of drug-likeness (QED) is 0.294. The van der Waals surface area contributed by atoms with Gasteiger partial charge in [-0.1, -0.05) is 25.1 Å². The van der Waals surface area contributed by atoms with Crippen LogP contribution in [-0.2, 0) is 9.59 Å². The molecule has 0 aliphatic carbocycles. The van der Waals surface area contributed by atoms with Crippen LogP contribution >= 0.6 is 0 Å². The van der Waals surface area contributed by atoms with Gasteiger partial charge in [0.2, 0.25) is 0 Å². The Hall–Kier alpha value is -4.00. The van der Waals surface area contributed by atoms with E-state index in [0.717, 1.165) is 6.42 Å². The third-order valence-electron chi connectivity index (χ3n) is 5.24.